The molecule has 0 saturated heterocycles. The summed E-state index contributed by atoms with van der Waals surface area (Å²) in [6.07, 6.45) is 1.91. The average molecular weight is 155 g/mol. The Kier molecular flexibility index (Phi) is 5.76. The van der Waals surface area contributed by atoms with Crippen molar-refractivity contribution in [3.8, 4) is 0 Å². The molecule has 0 spiro atoms. The van der Waals surface area contributed by atoms with Gasteiger partial charge in [-0.05, 0) is 6.26 Å². The Labute approximate surface area is 53.4 Å². The van der Waals surface area contributed by atoms with E-state index in [1.807, 2.05) is 6.26 Å². The van der Waals surface area contributed by atoms with Gasteiger partial charge >= 0.3 is 8.25 Å². The maximum absolute atomic E-state index is 9.79. The fourth-order valence-corrected chi connectivity index (χ4v) is 0.820. The Morgan fingerprint density at radius 3 is 2.88 bits per heavy atom. The van der Waals surface area contributed by atoms with Crippen LogP contribution in [0.25, 0.3) is 0 Å². The van der Waals surface area contributed by atoms with Gasteiger partial charge in [-0.2, -0.15) is 11.8 Å². The zero-order chi connectivity index (χ0) is 6.41. The van der Waals surface area contributed by atoms with Crippen molar-refractivity contribution in [3.63, 3.8) is 0 Å². The Bertz CT molecular complexity index is 76.9. The van der Waals surface area contributed by atoms with E-state index < -0.39 is 8.25 Å². The van der Waals surface area contributed by atoms with Crippen LogP contribution in [0.5, 0.6) is 0 Å². The molecular formula is C3H8O3PS+. The highest BCUT2D eigenvalue weighted by Crippen LogP contribution is 2.13. The molecular weight excluding hydrogens is 147 g/mol. The Balaban J connectivity index is 2.82. The van der Waals surface area contributed by atoms with Gasteiger partial charge < -0.3 is 0 Å². The molecule has 0 heterocycles. The van der Waals surface area contributed by atoms with Crippen molar-refractivity contribution in [3.05, 3.63) is 0 Å². The van der Waals surface area contributed by atoms with Gasteiger partial charge in [0.15, 0.2) is 0 Å². The average Bonchev–Trinajstić information content (AvgIpc) is 1.66. The van der Waals surface area contributed by atoms with Crippen LogP contribution in [0.4, 0.5) is 0 Å². The summed E-state index contributed by atoms with van der Waals surface area (Å²) >= 11 is 1.58. The minimum absolute atomic E-state index is 0.354. The van der Waals surface area contributed by atoms with Gasteiger partial charge in [0.25, 0.3) is 0 Å². The summed E-state index contributed by atoms with van der Waals surface area (Å²) < 4.78 is 14.1. The normalized spacial score (nSPS) is 11.5. The summed E-state index contributed by atoms with van der Waals surface area (Å²) in [5.74, 6) is 0.766. The number of hydrogen-bond donors (Lipinski definition) is 1. The van der Waals surface area contributed by atoms with E-state index in [0.717, 1.165) is 5.75 Å². The van der Waals surface area contributed by atoms with Gasteiger partial charge in [-0.3, -0.25) is 0 Å². The van der Waals surface area contributed by atoms with Crippen molar-refractivity contribution >= 4 is 20.0 Å². The van der Waals surface area contributed by atoms with Gasteiger partial charge in [0.2, 0.25) is 0 Å². The lowest BCUT2D eigenvalue weighted by atomic mass is 10.9. The van der Waals surface area contributed by atoms with Crippen LogP contribution in [0.1, 0.15) is 0 Å². The van der Waals surface area contributed by atoms with Crippen LogP contribution in [0.2, 0.25) is 0 Å². The minimum atomic E-state index is -2.38. The maximum atomic E-state index is 9.79. The molecule has 5 heteroatoms. The maximum Gasteiger partial charge on any atom is 0.694 e. The van der Waals surface area contributed by atoms with Gasteiger partial charge in [0.1, 0.15) is 6.61 Å². The molecule has 0 bridgehead atoms. The highest BCUT2D eigenvalue weighted by molar-refractivity contribution is 7.98. The highest BCUT2D eigenvalue weighted by Gasteiger charge is 2.09. The zero-order valence-corrected chi connectivity index (χ0v) is 6.24. The summed E-state index contributed by atoms with van der Waals surface area (Å²) in [4.78, 5) is 8.06. The third-order valence-corrected chi connectivity index (χ3v) is 1.47. The van der Waals surface area contributed by atoms with Crippen LogP contribution >= 0.6 is 20.0 Å². The lowest BCUT2D eigenvalue weighted by Crippen LogP contribution is -1.87. The van der Waals surface area contributed by atoms with E-state index in [1.54, 1.807) is 11.8 Å². The number of hydrogen-bond acceptors (Lipinski definition) is 3. The zero-order valence-electron chi connectivity index (χ0n) is 4.53. The lowest BCUT2D eigenvalue weighted by Gasteiger charge is -1.83. The van der Waals surface area contributed by atoms with Gasteiger partial charge in [-0.1, -0.05) is 0 Å². The fourth-order valence-electron chi connectivity index (χ4n) is 0.199. The van der Waals surface area contributed by atoms with Crippen molar-refractivity contribution in [2.75, 3.05) is 18.6 Å². The first kappa shape index (κ1) is 8.37. The van der Waals surface area contributed by atoms with Gasteiger partial charge in [0, 0.05) is 10.3 Å². The summed E-state index contributed by atoms with van der Waals surface area (Å²) in [6.45, 7) is 0.354. The second-order valence-corrected chi connectivity index (χ2v) is 2.78. The highest BCUT2D eigenvalue weighted by atomic mass is 32.2. The summed E-state index contributed by atoms with van der Waals surface area (Å²) in [7, 11) is -2.38. The van der Waals surface area contributed by atoms with Crippen molar-refractivity contribution in [2.24, 2.45) is 0 Å². The molecule has 0 aromatic carbocycles. The first-order valence-electron chi connectivity index (χ1n) is 2.05. The first-order chi connectivity index (χ1) is 3.77. The lowest BCUT2D eigenvalue weighted by molar-refractivity contribution is 0.300. The third kappa shape index (κ3) is 6.37. The summed E-state index contributed by atoms with van der Waals surface area (Å²) in [6, 6.07) is 0. The van der Waals surface area contributed by atoms with Crippen LogP contribution in [-0.4, -0.2) is 23.5 Å². The van der Waals surface area contributed by atoms with E-state index >= 15 is 0 Å². The van der Waals surface area contributed by atoms with E-state index in [0.29, 0.717) is 6.61 Å². The summed E-state index contributed by atoms with van der Waals surface area (Å²) in [5, 5.41) is 0. The van der Waals surface area contributed by atoms with Crippen LogP contribution < -0.4 is 0 Å². The van der Waals surface area contributed by atoms with Crippen LogP contribution in [0, 0.1) is 0 Å². The topological polar surface area (TPSA) is 46.5 Å². The minimum Gasteiger partial charge on any atom is -0.163 e. The van der Waals surface area contributed by atoms with E-state index in [9.17, 15) is 4.57 Å². The van der Waals surface area contributed by atoms with Crippen molar-refractivity contribution < 1.29 is 14.0 Å². The smallest absolute Gasteiger partial charge is 0.163 e. The molecule has 3 nitrogen and oxygen atoms in total. The second kappa shape index (κ2) is 5.51. The SMILES string of the molecule is CSCCO[P+](=O)O. The largest absolute Gasteiger partial charge is 0.694 e. The molecule has 0 rings (SSSR count). The quantitative estimate of drug-likeness (QED) is 0.486. The first-order valence-corrected chi connectivity index (χ1v) is 4.57. The van der Waals surface area contributed by atoms with E-state index in [2.05, 4.69) is 4.52 Å². The molecule has 0 saturated carbocycles. The Morgan fingerprint density at radius 2 is 2.50 bits per heavy atom. The molecule has 0 aromatic heterocycles. The molecule has 0 aliphatic rings. The van der Waals surface area contributed by atoms with Crippen molar-refractivity contribution in [2.45, 2.75) is 0 Å². The predicted molar refractivity (Wildman–Crippen MR) is 34.2 cm³/mol. The second-order valence-electron chi connectivity index (χ2n) is 1.06. The molecule has 0 radical (unpaired) electrons. The molecule has 0 aliphatic heterocycles. The fraction of sp³-hybridized carbons (Fsp3) is 1.00. The van der Waals surface area contributed by atoms with E-state index in [4.69, 9.17) is 4.89 Å². The Morgan fingerprint density at radius 1 is 1.88 bits per heavy atom. The van der Waals surface area contributed by atoms with Crippen molar-refractivity contribution in [1.82, 2.24) is 0 Å². The molecule has 0 aliphatic carbocycles. The molecule has 0 fully saturated rings. The van der Waals surface area contributed by atoms with Gasteiger partial charge in [0.05, 0.1) is 0 Å². The van der Waals surface area contributed by atoms with Crippen LogP contribution in [0.15, 0.2) is 0 Å². The van der Waals surface area contributed by atoms with E-state index in [1.165, 1.54) is 0 Å². The molecule has 8 heavy (non-hydrogen) atoms. The van der Waals surface area contributed by atoms with Crippen LogP contribution in [0.3, 0.4) is 0 Å². The molecule has 1 atom stereocenters. The standard InChI is InChI=1S/C3H7O3PS/c1-8-3-2-6-7(4)5/h2-3H2,1H3/p+1. The number of thioether (sulfide) groups is 1. The molecule has 0 aromatic rings. The van der Waals surface area contributed by atoms with Crippen LogP contribution in [-0.2, 0) is 9.09 Å². The molecule has 1 unspecified atom stereocenters. The molecule has 0 amide bonds. The predicted octanol–water partition coefficient (Wildman–Crippen LogP) is 1.02. The van der Waals surface area contributed by atoms with Crippen molar-refractivity contribution in [1.29, 1.82) is 0 Å². The molecule has 1 N–H and O–H groups in total. The number of rotatable bonds is 4. The van der Waals surface area contributed by atoms with Gasteiger partial charge in [-0.25, -0.2) is 0 Å². The molecule has 48 valence electrons. The summed E-state index contributed by atoms with van der Waals surface area (Å²) in [5.41, 5.74) is 0. The van der Waals surface area contributed by atoms with Gasteiger partial charge in [-0.15, -0.1) is 9.42 Å². The Hall–Kier alpha value is 0.370. The van der Waals surface area contributed by atoms with E-state index in [-0.39, 0.29) is 0 Å². The third-order valence-electron chi connectivity index (χ3n) is 0.489. The monoisotopic (exact) mass is 155 g/mol.